The van der Waals surface area contributed by atoms with Crippen LogP contribution in [-0.2, 0) is 23.2 Å². The number of hydrogen-bond acceptors (Lipinski definition) is 8. The maximum Gasteiger partial charge on any atom is 0.309 e. The van der Waals surface area contributed by atoms with Crippen molar-refractivity contribution in [2.75, 3.05) is 0 Å². The molecule has 0 amide bonds. The molecule has 1 unspecified atom stereocenters. The number of carbonyl (C=O) groups is 2. The van der Waals surface area contributed by atoms with Gasteiger partial charge in [-0.15, -0.1) is 11.3 Å². The van der Waals surface area contributed by atoms with Gasteiger partial charge in [-0.05, 0) is 87.4 Å². The van der Waals surface area contributed by atoms with Crippen LogP contribution in [0, 0.1) is 24.2 Å². The Hall–Kier alpha value is -1.18. The van der Waals surface area contributed by atoms with Gasteiger partial charge in [-0.1, -0.05) is 75.7 Å². The van der Waals surface area contributed by atoms with Crippen LogP contribution < -0.4 is 5.32 Å². The fourth-order valence-corrected chi connectivity index (χ4v) is 14.8. The van der Waals surface area contributed by atoms with Gasteiger partial charge in [0.1, 0.15) is 11.9 Å². The first-order chi connectivity index (χ1) is 23.0. The van der Waals surface area contributed by atoms with Crippen LogP contribution in [0.5, 0.6) is 0 Å². The van der Waals surface area contributed by atoms with Crippen molar-refractivity contribution in [3.8, 4) is 0 Å². The lowest BCUT2D eigenvalue weighted by Gasteiger charge is -2.44. The number of hydrogen-bond donors (Lipinski definition) is 1. The Balaban J connectivity index is 2.08. The zero-order valence-corrected chi connectivity index (χ0v) is 36.1. The second-order valence-corrected chi connectivity index (χ2v) is 26.6. The number of carbonyl (C=O) groups excluding carboxylic acids is 2. The number of aryl methyl sites for hydroxylation is 1. The maximum atomic E-state index is 14.9. The Morgan fingerprint density at radius 2 is 1.57 bits per heavy atom. The third-order valence-electron chi connectivity index (χ3n) is 12.7. The highest BCUT2D eigenvalue weighted by atomic mass is 32.1. The third-order valence-corrected chi connectivity index (χ3v) is 22.8. The summed E-state index contributed by atoms with van der Waals surface area (Å²) in [4.78, 5) is 33.7. The monoisotopic (exact) mass is 734 g/mol. The number of nitrogens with zero attached hydrogens (tertiary/aromatic N) is 1. The molecular weight excluding hydrogens is 665 g/mol. The zero-order valence-electron chi connectivity index (χ0n) is 33.3. The minimum absolute atomic E-state index is 0.00623. The highest BCUT2D eigenvalue weighted by Crippen LogP contribution is 2.42. The first-order valence-corrected chi connectivity index (χ1v) is 25.4. The molecule has 49 heavy (non-hydrogen) atoms. The van der Waals surface area contributed by atoms with Crippen molar-refractivity contribution < 1.29 is 23.2 Å². The number of thiazole rings is 1. The van der Waals surface area contributed by atoms with Crippen LogP contribution in [0.4, 0.5) is 0 Å². The average molecular weight is 735 g/mol. The molecule has 3 rings (SSSR count). The van der Waals surface area contributed by atoms with Crippen LogP contribution in [0.15, 0.2) is 11.0 Å². The quantitative estimate of drug-likeness (QED) is 0.130. The molecule has 0 spiro atoms. The van der Waals surface area contributed by atoms with Crippen LogP contribution in [0.1, 0.15) is 126 Å². The van der Waals surface area contributed by atoms with Crippen molar-refractivity contribution in [3.63, 3.8) is 0 Å². The van der Waals surface area contributed by atoms with Gasteiger partial charge in [0.15, 0.2) is 16.6 Å². The van der Waals surface area contributed by atoms with Crippen molar-refractivity contribution in [3.05, 3.63) is 21.7 Å². The van der Waals surface area contributed by atoms with E-state index in [0.717, 1.165) is 71.8 Å². The molecular formula is C39H70N2O5SSi2. The molecule has 2 aliphatic rings. The smallest absolute Gasteiger partial charge is 0.309 e. The Labute approximate surface area is 305 Å². The molecule has 7 atom stereocenters. The number of ketones is 1. The van der Waals surface area contributed by atoms with Crippen molar-refractivity contribution in [2.45, 2.75) is 188 Å². The van der Waals surface area contributed by atoms with Crippen molar-refractivity contribution in [1.29, 1.82) is 0 Å². The summed E-state index contributed by atoms with van der Waals surface area (Å²) in [5.74, 6) is -0.255. The first kappa shape index (κ1) is 42.2. The van der Waals surface area contributed by atoms with Crippen LogP contribution in [0.3, 0.4) is 0 Å². The maximum absolute atomic E-state index is 14.9. The summed E-state index contributed by atoms with van der Waals surface area (Å²) in [5, 5.41) is 6.82. The molecule has 3 heterocycles. The number of cyclic esters (lactones) is 1. The first-order valence-electron chi connectivity index (χ1n) is 19.4. The molecule has 1 aromatic heterocycles. The van der Waals surface area contributed by atoms with E-state index in [1.54, 1.807) is 11.3 Å². The molecule has 0 bridgehead atoms. The number of Topliss-reactive ketones (excluding diaryl/α,β-unsaturated/α-hetero) is 1. The standard InChI is InChI=1S/C39H70N2O5SSi2/c1-14-48(15-2,16-3)45-34-25-35(42)44-32(28(8)23-31-26-47-30(10)40-31)24-33-39(13,41-33)22-20-21-27(7)36(29(9)37(43)38(34,11)12)46-49(17-4,18-5)19-6/h23,26-27,29,32-34,36,41H,14-22,24-25H2,1-13H3/b28-23+/t27-,29+,32-,33-,34-,36?,39+/m0/s1. The van der Waals surface area contributed by atoms with Gasteiger partial charge in [-0.3, -0.25) is 9.59 Å². The van der Waals surface area contributed by atoms with Crippen molar-refractivity contribution in [1.82, 2.24) is 10.3 Å². The molecule has 1 N–H and O–H groups in total. The van der Waals surface area contributed by atoms with E-state index in [-0.39, 0.29) is 47.7 Å². The van der Waals surface area contributed by atoms with Gasteiger partial charge in [0.05, 0.1) is 29.3 Å². The summed E-state index contributed by atoms with van der Waals surface area (Å²) < 4.78 is 20.8. The summed E-state index contributed by atoms with van der Waals surface area (Å²) in [6.07, 6.45) is 4.76. The Morgan fingerprint density at radius 1 is 1.00 bits per heavy atom. The summed E-state index contributed by atoms with van der Waals surface area (Å²) >= 11 is 1.62. The van der Waals surface area contributed by atoms with Gasteiger partial charge >= 0.3 is 5.97 Å². The second-order valence-electron chi connectivity index (χ2n) is 16.1. The minimum atomic E-state index is -2.20. The van der Waals surface area contributed by atoms with Gasteiger partial charge in [0.25, 0.3) is 0 Å². The van der Waals surface area contributed by atoms with Crippen LogP contribution >= 0.6 is 11.3 Å². The molecule has 0 aliphatic carbocycles. The summed E-state index contributed by atoms with van der Waals surface area (Å²) in [6.45, 7) is 28.1. The van der Waals surface area contributed by atoms with E-state index in [1.165, 1.54) is 0 Å². The van der Waals surface area contributed by atoms with Gasteiger partial charge in [-0.2, -0.15) is 0 Å². The number of nitrogens with one attached hydrogen (secondary N) is 1. The molecule has 1 aromatic rings. The molecule has 0 radical (unpaired) electrons. The van der Waals surface area contributed by atoms with E-state index in [9.17, 15) is 9.59 Å². The molecule has 10 heteroatoms. The van der Waals surface area contributed by atoms with Gasteiger partial charge in [0.2, 0.25) is 0 Å². The fraction of sp³-hybridized carbons (Fsp3) is 0.821. The number of fused-ring (bicyclic) bond motifs is 1. The number of aromatic nitrogens is 1. The lowest BCUT2D eigenvalue weighted by atomic mass is 9.73. The SMILES string of the molecule is CC[Si](CC)(CC)OC1[C@@H](C)CCC[C@@]2(C)N[C@H]2C[C@@H](/C(C)=C/c2csc(C)n2)OC(=O)C[C@H](O[Si](CC)(CC)CC)C(C)(C)C(=O)[C@@H]1C. The molecule has 7 nitrogen and oxygen atoms in total. The van der Waals surface area contributed by atoms with E-state index < -0.39 is 34.3 Å². The summed E-state index contributed by atoms with van der Waals surface area (Å²) in [6, 6.07) is 6.21. The van der Waals surface area contributed by atoms with E-state index in [4.69, 9.17) is 13.6 Å². The van der Waals surface area contributed by atoms with Gasteiger partial charge in [0, 0.05) is 34.7 Å². The molecule has 0 saturated carbocycles. The molecule has 2 aliphatic heterocycles. The summed E-state index contributed by atoms with van der Waals surface area (Å²) in [7, 11) is -4.21. The number of esters is 1. The highest BCUT2D eigenvalue weighted by Gasteiger charge is 2.51. The van der Waals surface area contributed by atoms with Gasteiger partial charge in [-0.25, -0.2) is 4.98 Å². The Morgan fingerprint density at radius 3 is 2.10 bits per heavy atom. The molecule has 280 valence electrons. The van der Waals surface area contributed by atoms with Crippen molar-refractivity contribution >= 4 is 45.8 Å². The number of ether oxygens (including phenoxy) is 1. The Kier molecular flexibility index (Phi) is 15.1. The molecule has 0 aromatic carbocycles. The van der Waals surface area contributed by atoms with Gasteiger partial charge < -0.3 is 18.9 Å². The third kappa shape index (κ3) is 10.2. The Bertz CT molecular complexity index is 1260. The predicted octanol–water partition coefficient (Wildman–Crippen LogP) is 10.1. The summed E-state index contributed by atoms with van der Waals surface area (Å²) in [5.41, 5.74) is 0.973. The largest absolute Gasteiger partial charge is 0.458 e. The lowest BCUT2D eigenvalue weighted by Crippen LogP contribution is -2.53. The fourth-order valence-electron chi connectivity index (χ4n) is 8.19. The van der Waals surface area contributed by atoms with Crippen LogP contribution in [0.25, 0.3) is 6.08 Å². The minimum Gasteiger partial charge on any atom is -0.458 e. The normalized spacial score (nSPS) is 30.9. The second kappa shape index (κ2) is 17.6. The lowest BCUT2D eigenvalue weighted by molar-refractivity contribution is -0.153. The molecule has 2 fully saturated rings. The van der Waals surface area contributed by atoms with Crippen LogP contribution in [-0.4, -0.2) is 63.3 Å². The zero-order chi connectivity index (χ0) is 36.8. The molecule has 2 saturated heterocycles. The van der Waals surface area contributed by atoms with E-state index in [2.05, 4.69) is 78.7 Å². The van der Waals surface area contributed by atoms with E-state index in [0.29, 0.717) is 6.42 Å². The average Bonchev–Trinajstić information content (AvgIpc) is 3.52. The van der Waals surface area contributed by atoms with Crippen molar-refractivity contribution in [2.24, 2.45) is 17.3 Å². The highest BCUT2D eigenvalue weighted by molar-refractivity contribution is 7.09. The predicted molar refractivity (Wildman–Crippen MR) is 210 cm³/mol. The topological polar surface area (TPSA) is 96.7 Å². The van der Waals surface area contributed by atoms with E-state index >= 15 is 0 Å². The van der Waals surface area contributed by atoms with E-state index in [1.807, 2.05) is 33.1 Å². The van der Waals surface area contributed by atoms with Crippen LogP contribution in [0.2, 0.25) is 36.3 Å². The number of rotatable bonds is 12.